The van der Waals surface area contributed by atoms with Gasteiger partial charge < -0.3 is 14.8 Å². The van der Waals surface area contributed by atoms with Crippen molar-refractivity contribution in [1.82, 2.24) is 14.9 Å². The number of benzene rings is 2. The monoisotopic (exact) mass is 576 g/mol. The minimum Gasteiger partial charge on any atom is -0.437 e. The second-order valence-electron chi connectivity index (χ2n) is 8.16. The van der Waals surface area contributed by atoms with E-state index in [1.54, 1.807) is 18.2 Å². The first kappa shape index (κ1) is 28.3. The molecule has 0 atom stereocenters. The smallest absolute Gasteiger partial charge is 0.437 e. The van der Waals surface area contributed by atoms with E-state index in [0.29, 0.717) is 6.07 Å². The Morgan fingerprint density at radius 2 is 1.68 bits per heavy atom. The van der Waals surface area contributed by atoms with Crippen molar-refractivity contribution >= 4 is 33.1 Å². The average molecular weight is 577 g/mol. The predicted molar refractivity (Wildman–Crippen MR) is 134 cm³/mol. The first-order chi connectivity index (χ1) is 18.8. The van der Waals surface area contributed by atoms with Crippen LogP contribution in [0.2, 0.25) is 0 Å². The molecule has 0 aliphatic rings. The number of hydrogen-bond donors (Lipinski definition) is 2. The van der Waals surface area contributed by atoms with E-state index in [0.717, 1.165) is 29.9 Å². The number of halogens is 3. The first-order valence-electron chi connectivity index (χ1n) is 11.2. The van der Waals surface area contributed by atoms with E-state index in [1.165, 1.54) is 24.3 Å². The number of nitrogens with zero attached hydrogens (tertiary/aromatic N) is 2. The number of rotatable bonds is 6. The SMILES string of the molecule is COC(=O)Oc1c(CNC(=O)c2ccc(S(N)(=O)=O)cc2)c(=O)c2ccc(C(F)(F)F)nc2n1-c1ccccc1. The molecule has 2 aromatic carbocycles. The number of amides is 1. The van der Waals surface area contributed by atoms with Gasteiger partial charge in [0, 0.05) is 5.56 Å². The van der Waals surface area contributed by atoms with Crippen LogP contribution < -0.4 is 20.6 Å². The van der Waals surface area contributed by atoms with Gasteiger partial charge in [-0.25, -0.2) is 23.3 Å². The van der Waals surface area contributed by atoms with E-state index >= 15 is 0 Å². The molecule has 0 radical (unpaired) electrons. The number of para-hydroxylation sites is 1. The predicted octanol–water partition coefficient (Wildman–Crippen LogP) is 3.13. The number of nitrogens with two attached hydrogens (primary N) is 1. The van der Waals surface area contributed by atoms with Crippen LogP contribution >= 0.6 is 0 Å². The molecule has 11 nitrogen and oxygen atoms in total. The van der Waals surface area contributed by atoms with Gasteiger partial charge in [-0.2, -0.15) is 13.2 Å². The third-order valence-corrected chi connectivity index (χ3v) is 6.52. The summed E-state index contributed by atoms with van der Waals surface area (Å²) in [5.74, 6) is -1.28. The fourth-order valence-electron chi connectivity index (χ4n) is 3.71. The molecule has 208 valence electrons. The number of aromatic nitrogens is 2. The molecule has 0 spiro atoms. The van der Waals surface area contributed by atoms with Gasteiger partial charge in [-0.1, -0.05) is 18.2 Å². The highest BCUT2D eigenvalue weighted by Crippen LogP contribution is 2.32. The van der Waals surface area contributed by atoms with E-state index in [2.05, 4.69) is 15.0 Å². The quantitative estimate of drug-likeness (QED) is 0.331. The standard InChI is InChI=1S/C25H19F3N4O7S/c1-38-24(35)39-23-18(13-30-22(34)14-7-9-16(10-8-14)40(29,36)37)20(33)17-11-12-19(25(26,27)28)31-21(17)32(23)15-5-3-2-4-6-15/h2-12H,13H2,1H3,(H,30,34)(H2,29,36,37). The zero-order chi connectivity index (χ0) is 29.2. The third kappa shape index (κ3) is 5.79. The minimum absolute atomic E-state index is 0.00324. The van der Waals surface area contributed by atoms with Gasteiger partial charge in [0.25, 0.3) is 5.91 Å². The lowest BCUT2D eigenvalue weighted by molar-refractivity contribution is -0.141. The lowest BCUT2D eigenvalue weighted by Crippen LogP contribution is -2.29. The van der Waals surface area contributed by atoms with Gasteiger partial charge in [0.2, 0.25) is 15.9 Å². The Balaban J connectivity index is 1.89. The molecular weight excluding hydrogens is 557 g/mol. The minimum atomic E-state index is -4.85. The molecule has 0 saturated heterocycles. The summed E-state index contributed by atoms with van der Waals surface area (Å²) >= 11 is 0. The second kappa shape index (κ2) is 10.8. The van der Waals surface area contributed by atoms with E-state index in [4.69, 9.17) is 9.88 Å². The van der Waals surface area contributed by atoms with Crippen LogP contribution in [-0.4, -0.2) is 37.1 Å². The van der Waals surface area contributed by atoms with Gasteiger partial charge in [-0.15, -0.1) is 0 Å². The Labute approximate surface area is 224 Å². The van der Waals surface area contributed by atoms with Gasteiger partial charge >= 0.3 is 12.3 Å². The molecule has 4 aromatic rings. The lowest BCUT2D eigenvalue weighted by Gasteiger charge is -2.20. The Kier molecular flexibility index (Phi) is 7.61. The van der Waals surface area contributed by atoms with Crippen molar-refractivity contribution in [3.8, 4) is 11.6 Å². The lowest BCUT2D eigenvalue weighted by atomic mass is 10.1. The number of fused-ring (bicyclic) bond motifs is 1. The zero-order valence-electron chi connectivity index (χ0n) is 20.4. The van der Waals surface area contributed by atoms with Gasteiger partial charge in [0.05, 0.1) is 35.2 Å². The summed E-state index contributed by atoms with van der Waals surface area (Å²) in [6.07, 6.45) is -6.14. The number of hydrogen-bond acceptors (Lipinski definition) is 8. The van der Waals surface area contributed by atoms with Crippen LogP contribution in [0.5, 0.6) is 5.88 Å². The first-order valence-corrected chi connectivity index (χ1v) is 12.7. The maximum atomic E-state index is 13.5. The molecule has 0 aliphatic carbocycles. The van der Waals surface area contributed by atoms with Crippen molar-refractivity contribution in [3.05, 3.63) is 93.8 Å². The summed E-state index contributed by atoms with van der Waals surface area (Å²) in [5.41, 5.74) is -2.74. The fourth-order valence-corrected chi connectivity index (χ4v) is 4.23. The van der Waals surface area contributed by atoms with Crippen molar-refractivity contribution in [1.29, 1.82) is 0 Å². The number of sulfonamides is 1. The number of carbonyl (C=O) groups excluding carboxylic acids is 2. The maximum absolute atomic E-state index is 13.5. The number of ether oxygens (including phenoxy) is 2. The van der Waals surface area contributed by atoms with Crippen LogP contribution in [0.4, 0.5) is 18.0 Å². The van der Waals surface area contributed by atoms with Gasteiger partial charge in [-0.05, 0) is 48.5 Å². The van der Waals surface area contributed by atoms with Gasteiger partial charge in [0.1, 0.15) is 5.69 Å². The molecule has 0 bridgehead atoms. The summed E-state index contributed by atoms with van der Waals surface area (Å²) in [7, 11) is -3.02. The number of alkyl halides is 3. The van der Waals surface area contributed by atoms with Crippen molar-refractivity contribution in [2.24, 2.45) is 5.14 Å². The molecule has 4 rings (SSSR count). The van der Waals surface area contributed by atoms with Crippen molar-refractivity contribution in [3.63, 3.8) is 0 Å². The Morgan fingerprint density at radius 1 is 1.02 bits per heavy atom. The van der Waals surface area contributed by atoms with E-state index < -0.39 is 57.5 Å². The molecule has 2 heterocycles. The van der Waals surface area contributed by atoms with Crippen LogP contribution in [0.3, 0.4) is 0 Å². The zero-order valence-corrected chi connectivity index (χ0v) is 21.2. The third-order valence-electron chi connectivity index (χ3n) is 5.59. The van der Waals surface area contributed by atoms with Crippen molar-refractivity contribution < 1.29 is 40.7 Å². The summed E-state index contributed by atoms with van der Waals surface area (Å²) in [5, 5.41) is 7.26. The molecule has 3 N–H and O–H groups in total. The number of pyridine rings is 2. The largest absolute Gasteiger partial charge is 0.514 e. The highest BCUT2D eigenvalue weighted by Gasteiger charge is 2.34. The molecule has 0 saturated carbocycles. The van der Waals surface area contributed by atoms with Crippen LogP contribution in [-0.2, 0) is 27.5 Å². The molecule has 40 heavy (non-hydrogen) atoms. The Bertz CT molecular complexity index is 1770. The maximum Gasteiger partial charge on any atom is 0.514 e. The van der Waals surface area contributed by atoms with Crippen LogP contribution in [0, 0.1) is 0 Å². The van der Waals surface area contributed by atoms with Crippen LogP contribution in [0.25, 0.3) is 16.7 Å². The number of carbonyl (C=O) groups is 2. The van der Waals surface area contributed by atoms with Crippen LogP contribution in [0.15, 0.2) is 76.4 Å². The summed E-state index contributed by atoms with van der Waals surface area (Å²) in [6.45, 7) is -0.551. The van der Waals surface area contributed by atoms with Crippen molar-refractivity contribution in [2.75, 3.05) is 7.11 Å². The van der Waals surface area contributed by atoms with E-state index in [9.17, 15) is 36.0 Å². The van der Waals surface area contributed by atoms with E-state index in [-0.39, 0.29) is 27.1 Å². The molecule has 0 fully saturated rings. The topological polar surface area (TPSA) is 160 Å². The molecular formula is C25H19F3N4O7S. The normalized spacial score (nSPS) is 11.7. The fraction of sp³-hybridized carbons (Fsp3) is 0.120. The Hall–Kier alpha value is -4.76. The average Bonchev–Trinajstić information content (AvgIpc) is 2.92. The van der Waals surface area contributed by atoms with Crippen LogP contribution in [0.1, 0.15) is 21.6 Å². The summed E-state index contributed by atoms with van der Waals surface area (Å²) in [6, 6.07) is 13.9. The Morgan fingerprint density at radius 3 is 2.25 bits per heavy atom. The molecule has 0 aliphatic heterocycles. The second-order valence-corrected chi connectivity index (χ2v) is 9.72. The highest BCUT2D eigenvalue weighted by atomic mass is 32.2. The summed E-state index contributed by atoms with van der Waals surface area (Å²) < 4.78 is 74.3. The van der Waals surface area contributed by atoms with Gasteiger partial charge in [0.15, 0.2) is 11.1 Å². The van der Waals surface area contributed by atoms with Crippen molar-refractivity contribution in [2.45, 2.75) is 17.6 Å². The molecule has 15 heteroatoms. The van der Waals surface area contributed by atoms with E-state index in [1.807, 2.05) is 0 Å². The summed E-state index contributed by atoms with van der Waals surface area (Å²) in [4.78, 5) is 41.8. The molecule has 1 amide bonds. The molecule has 2 aromatic heterocycles. The number of primary sulfonamides is 1. The van der Waals surface area contributed by atoms with Gasteiger partial charge in [-0.3, -0.25) is 14.2 Å². The number of nitrogens with one attached hydrogen (secondary N) is 1. The molecule has 0 unspecified atom stereocenters. The highest BCUT2D eigenvalue weighted by molar-refractivity contribution is 7.89. The number of methoxy groups -OCH3 is 1.